The van der Waals surface area contributed by atoms with Crippen molar-refractivity contribution in [3.05, 3.63) is 47.0 Å². The lowest BCUT2D eigenvalue weighted by molar-refractivity contribution is 0.102. The molecule has 0 saturated heterocycles. The molecule has 24 heavy (non-hydrogen) atoms. The van der Waals surface area contributed by atoms with Gasteiger partial charge < -0.3 is 4.74 Å². The Bertz CT molecular complexity index is 880. The average Bonchev–Trinajstić information content (AvgIpc) is 3.07. The summed E-state index contributed by atoms with van der Waals surface area (Å²) >= 11 is 1.25. The van der Waals surface area contributed by atoms with Crippen molar-refractivity contribution in [3.8, 4) is 16.9 Å². The Morgan fingerprint density at radius 2 is 1.83 bits per heavy atom. The first-order valence-electron chi connectivity index (χ1n) is 7.13. The lowest BCUT2D eigenvalue weighted by Gasteiger charge is -2.13. The van der Waals surface area contributed by atoms with E-state index in [-0.39, 0.29) is 5.91 Å². The van der Waals surface area contributed by atoms with Crippen molar-refractivity contribution in [1.82, 2.24) is 20.2 Å². The van der Waals surface area contributed by atoms with Crippen molar-refractivity contribution in [2.45, 2.75) is 13.8 Å². The fraction of sp³-hybridized carbons (Fsp3) is 0.188. The van der Waals surface area contributed by atoms with Crippen LogP contribution >= 0.6 is 11.3 Å². The minimum atomic E-state index is -0.300. The molecule has 3 heterocycles. The second-order valence-corrected chi connectivity index (χ2v) is 5.93. The van der Waals surface area contributed by atoms with Gasteiger partial charge in [-0.2, -0.15) is 0 Å². The summed E-state index contributed by atoms with van der Waals surface area (Å²) in [5, 5.41) is 10.7. The van der Waals surface area contributed by atoms with Crippen LogP contribution in [0.1, 0.15) is 21.7 Å². The molecule has 0 bridgehead atoms. The minimum Gasteiger partial charge on any atom is -0.494 e. The number of aromatic nitrogens is 4. The Morgan fingerprint density at radius 3 is 2.50 bits per heavy atom. The molecule has 0 fully saturated rings. The summed E-state index contributed by atoms with van der Waals surface area (Å²) in [4.78, 5) is 21.1. The van der Waals surface area contributed by atoms with Gasteiger partial charge >= 0.3 is 0 Å². The van der Waals surface area contributed by atoms with Crippen LogP contribution in [0.3, 0.4) is 0 Å². The van der Waals surface area contributed by atoms with Crippen molar-refractivity contribution in [3.63, 3.8) is 0 Å². The molecule has 0 atom stereocenters. The fourth-order valence-electron chi connectivity index (χ4n) is 2.28. The normalized spacial score (nSPS) is 10.5. The molecule has 122 valence electrons. The van der Waals surface area contributed by atoms with Gasteiger partial charge in [0.1, 0.15) is 11.3 Å². The van der Waals surface area contributed by atoms with E-state index in [1.54, 1.807) is 25.0 Å². The van der Waals surface area contributed by atoms with Gasteiger partial charge in [-0.05, 0) is 26.0 Å². The van der Waals surface area contributed by atoms with E-state index in [1.807, 2.05) is 26.0 Å². The lowest BCUT2D eigenvalue weighted by Crippen LogP contribution is -2.14. The standard InChI is InChI=1S/C16H15N5O2S/c1-9-4-11(12-5-10(2)18-7-14(12)23-3)13(6-17-9)15(22)20-16-21-19-8-24-16/h4-8H,1-3H3,(H,20,21,22). The molecule has 0 aliphatic rings. The first-order chi connectivity index (χ1) is 11.6. The van der Waals surface area contributed by atoms with Crippen molar-refractivity contribution in [1.29, 1.82) is 0 Å². The number of carbonyl (C=O) groups is 1. The smallest absolute Gasteiger partial charge is 0.259 e. The van der Waals surface area contributed by atoms with E-state index < -0.39 is 0 Å². The second kappa shape index (κ2) is 6.71. The number of nitrogens with zero attached hydrogens (tertiary/aromatic N) is 4. The van der Waals surface area contributed by atoms with Gasteiger partial charge in [0.05, 0.1) is 18.9 Å². The summed E-state index contributed by atoms with van der Waals surface area (Å²) in [6.07, 6.45) is 3.20. The van der Waals surface area contributed by atoms with Crippen LogP contribution in [0.4, 0.5) is 5.13 Å². The highest BCUT2D eigenvalue weighted by Gasteiger charge is 2.18. The third-order valence-electron chi connectivity index (χ3n) is 3.38. The van der Waals surface area contributed by atoms with Gasteiger partial charge in [-0.15, -0.1) is 10.2 Å². The molecule has 0 aliphatic heterocycles. The first-order valence-corrected chi connectivity index (χ1v) is 8.01. The summed E-state index contributed by atoms with van der Waals surface area (Å²) < 4.78 is 5.40. The van der Waals surface area contributed by atoms with Crippen molar-refractivity contribution < 1.29 is 9.53 Å². The summed E-state index contributed by atoms with van der Waals surface area (Å²) in [5.41, 5.74) is 5.13. The highest BCUT2D eigenvalue weighted by Crippen LogP contribution is 2.33. The van der Waals surface area contributed by atoms with Gasteiger partial charge in [0.15, 0.2) is 0 Å². The van der Waals surface area contributed by atoms with Crippen molar-refractivity contribution in [2.75, 3.05) is 12.4 Å². The minimum absolute atomic E-state index is 0.300. The maximum absolute atomic E-state index is 12.6. The molecule has 1 N–H and O–H groups in total. The Hall–Kier alpha value is -2.87. The number of pyridine rings is 2. The van der Waals surface area contributed by atoms with E-state index in [9.17, 15) is 4.79 Å². The fourth-order valence-corrected chi connectivity index (χ4v) is 2.72. The monoisotopic (exact) mass is 341 g/mol. The molecule has 0 aromatic carbocycles. The number of carbonyl (C=O) groups excluding carboxylic acids is 1. The summed E-state index contributed by atoms with van der Waals surface area (Å²) in [7, 11) is 1.57. The average molecular weight is 341 g/mol. The zero-order valence-corrected chi connectivity index (χ0v) is 14.2. The molecule has 7 nitrogen and oxygen atoms in total. The molecule has 0 aliphatic carbocycles. The molecule has 3 rings (SSSR count). The third-order valence-corrected chi connectivity index (χ3v) is 3.99. The van der Waals surface area contributed by atoms with Crippen LogP contribution < -0.4 is 10.1 Å². The van der Waals surface area contributed by atoms with Crippen LogP contribution in [0.5, 0.6) is 5.75 Å². The predicted molar refractivity (Wildman–Crippen MR) is 91.4 cm³/mol. The topological polar surface area (TPSA) is 89.9 Å². The number of methoxy groups -OCH3 is 1. The number of hydrogen-bond donors (Lipinski definition) is 1. The molecular formula is C16H15N5O2S. The van der Waals surface area contributed by atoms with Gasteiger partial charge in [0.25, 0.3) is 5.91 Å². The Balaban J connectivity index is 2.09. The summed E-state index contributed by atoms with van der Waals surface area (Å²) in [6, 6.07) is 3.74. The number of nitrogens with one attached hydrogen (secondary N) is 1. The third kappa shape index (κ3) is 3.23. The Labute approximate surface area is 142 Å². The molecular weight excluding hydrogens is 326 g/mol. The number of rotatable bonds is 4. The molecule has 8 heteroatoms. The molecule has 1 amide bonds. The van der Waals surface area contributed by atoms with Crippen molar-refractivity contribution >= 4 is 22.4 Å². The van der Waals surface area contributed by atoms with Gasteiger partial charge in [-0.25, -0.2) is 0 Å². The molecule has 0 spiro atoms. The quantitative estimate of drug-likeness (QED) is 0.785. The van der Waals surface area contributed by atoms with Crippen LogP contribution in [-0.4, -0.2) is 33.2 Å². The summed E-state index contributed by atoms with van der Waals surface area (Å²) in [5.74, 6) is 0.293. The molecule has 0 saturated carbocycles. The first kappa shape index (κ1) is 16.0. The summed E-state index contributed by atoms with van der Waals surface area (Å²) in [6.45, 7) is 3.76. The van der Waals surface area contributed by atoms with E-state index in [1.165, 1.54) is 11.3 Å². The number of amides is 1. The number of ether oxygens (including phenoxy) is 1. The van der Waals surface area contributed by atoms with Crippen LogP contribution in [0, 0.1) is 13.8 Å². The predicted octanol–water partition coefficient (Wildman–Crippen LogP) is 2.87. The van der Waals surface area contributed by atoms with Crippen molar-refractivity contribution in [2.24, 2.45) is 0 Å². The van der Waals surface area contributed by atoms with Gasteiger partial charge in [-0.1, -0.05) is 11.3 Å². The Kier molecular flexibility index (Phi) is 4.48. The highest BCUT2D eigenvalue weighted by molar-refractivity contribution is 7.13. The van der Waals surface area contributed by atoms with Gasteiger partial charge in [-0.3, -0.25) is 20.1 Å². The molecule has 3 aromatic heterocycles. The van der Waals surface area contributed by atoms with E-state index in [0.717, 1.165) is 22.5 Å². The molecule has 0 unspecified atom stereocenters. The van der Waals surface area contributed by atoms with Gasteiger partial charge in [0, 0.05) is 28.7 Å². The zero-order chi connectivity index (χ0) is 17.1. The SMILES string of the molecule is COc1cnc(C)cc1-c1cc(C)ncc1C(=O)Nc1nncs1. The Morgan fingerprint density at radius 1 is 1.12 bits per heavy atom. The van der Waals surface area contributed by atoms with E-state index in [4.69, 9.17) is 4.74 Å². The van der Waals surface area contributed by atoms with Crippen LogP contribution in [0.2, 0.25) is 0 Å². The highest BCUT2D eigenvalue weighted by atomic mass is 32.1. The largest absolute Gasteiger partial charge is 0.494 e. The van der Waals surface area contributed by atoms with Crippen LogP contribution in [-0.2, 0) is 0 Å². The van der Waals surface area contributed by atoms with E-state index >= 15 is 0 Å². The maximum atomic E-state index is 12.6. The van der Waals surface area contributed by atoms with Crippen LogP contribution in [0.25, 0.3) is 11.1 Å². The van der Waals surface area contributed by atoms with E-state index in [0.29, 0.717) is 16.4 Å². The molecule has 0 radical (unpaired) electrons. The number of anilines is 1. The van der Waals surface area contributed by atoms with Crippen LogP contribution in [0.15, 0.2) is 30.0 Å². The lowest BCUT2D eigenvalue weighted by atomic mass is 9.99. The van der Waals surface area contributed by atoms with E-state index in [2.05, 4.69) is 25.5 Å². The number of aryl methyl sites for hydroxylation is 2. The zero-order valence-electron chi connectivity index (χ0n) is 13.4. The second-order valence-electron chi connectivity index (χ2n) is 5.10. The van der Waals surface area contributed by atoms with Gasteiger partial charge in [0.2, 0.25) is 5.13 Å². The number of hydrogen-bond acceptors (Lipinski definition) is 7. The maximum Gasteiger partial charge on any atom is 0.259 e. The molecule has 3 aromatic rings.